The van der Waals surface area contributed by atoms with Gasteiger partial charge in [0, 0.05) is 0 Å². The molecule has 0 aromatic carbocycles. The molecule has 0 nitrogen and oxygen atoms in total. The van der Waals surface area contributed by atoms with E-state index in [0.29, 0.717) is 0 Å². The highest BCUT2D eigenvalue weighted by Crippen LogP contribution is 2.57. The summed E-state index contributed by atoms with van der Waals surface area (Å²) < 4.78 is 0. The first-order chi connectivity index (χ1) is 7.33. The fourth-order valence-electron chi connectivity index (χ4n) is 4.10. The van der Waals surface area contributed by atoms with Crippen LogP contribution in [-0.4, -0.2) is 0 Å². The molecule has 4 saturated carbocycles. The van der Waals surface area contributed by atoms with Gasteiger partial charge in [-0.25, -0.2) is 0 Å². The lowest BCUT2D eigenvalue weighted by Gasteiger charge is -2.38. The van der Waals surface area contributed by atoms with Crippen LogP contribution in [0.2, 0.25) is 0 Å². The van der Waals surface area contributed by atoms with Gasteiger partial charge in [0.05, 0.1) is 0 Å². The SMILES string of the molecule is C1CCC2(C1)CC2.C1CCC2(C1)CCC2. The zero-order valence-corrected chi connectivity index (χ0v) is 10.2. The van der Waals surface area contributed by atoms with Crippen LogP contribution in [0.4, 0.5) is 0 Å². The molecule has 0 heterocycles. The highest BCUT2D eigenvalue weighted by molar-refractivity contribution is 4.96. The molecule has 0 radical (unpaired) electrons. The quantitative estimate of drug-likeness (QED) is 0.519. The molecule has 4 aliphatic carbocycles. The summed E-state index contributed by atoms with van der Waals surface area (Å²) >= 11 is 0. The van der Waals surface area contributed by atoms with E-state index in [0.717, 1.165) is 10.8 Å². The molecule has 0 aliphatic heterocycles. The van der Waals surface area contributed by atoms with Crippen molar-refractivity contribution in [2.24, 2.45) is 10.8 Å². The van der Waals surface area contributed by atoms with Gasteiger partial charge in [0.15, 0.2) is 0 Å². The largest absolute Gasteiger partial charge is 0.0528 e. The smallest absolute Gasteiger partial charge is 0.0297 e. The molecular formula is C15H26. The maximum absolute atomic E-state index is 1.56. The fraction of sp³-hybridized carbons (Fsp3) is 1.00. The molecule has 0 N–H and O–H groups in total. The topological polar surface area (TPSA) is 0 Å². The Morgan fingerprint density at radius 3 is 0.867 bits per heavy atom. The van der Waals surface area contributed by atoms with Crippen LogP contribution in [0.3, 0.4) is 0 Å². The molecular weight excluding hydrogens is 180 g/mol. The summed E-state index contributed by atoms with van der Waals surface area (Å²) in [4.78, 5) is 0. The zero-order valence-electron chi connectivity index (χ0n) is 10.2. The molecule has 0 bridgehead atoms. The van der Waals surface area contributed by atoms with Crippen molar-refractivity contribution in [1.29, 1.82) is 0 Å². The number of hydrogen-bond donors (Lipinski definition) is 0. The molecule has 2 spiro atoms. The lowest BCUT2D eigenvalue weighted by molar-refractivity contribution is 0.144. The van der Waals surface area contributed by atoms with Crippen LogP contribution in [0, 0.1) is 10.8 Å². The maximum atomic E-state index is 1.56. The van der Waals surface area contributed by atoms with Crippen molar-refractivity contribution in [3.63, 3.8) is 0 Å². The van der Waals surface area contributed by atoms with Crippen molar-refractivity contribution in [1.82, 2.24) is 0 Å². The van der Waals surface area contributed by atoms with Gasteiger partial charge in [0.25, 0.3) is 0 Å². The zero-order chi connectivity index (χ0) is 10.2. The summed E-state index contributed by atoms with van der Waals surface area (Å²) in [6.07, 6.45) is 20.1. The predicted molar refractivity (Wildman–Crippen MR) is 64.9 cm³/mol. The van der Waals surface area contributed by atoms with Crippen LogP contribution < -0.4 is 0 Å². The summed E-state index contributed by atoms with van der Waals surface area (Å²) in [5.74, 6) is 0. The molecule has 0 unspecified atom stereocenters. The van der Waals surface area contributed by atoms with Gasteiger partial charge >= 0.3 is 0 Å². The Bertz CT molecular complexity index is 204. The predicted octanol–water partition coefficient (Wildman–Crippen LogP) is 5.07. The van der Waals surface area contributed by atoms with Gasteiger partial charge in [-0.05, 0) is 62.2 Å². The van der Waals surface area contributed by atoms with E-state index in [2.05, 4.69) is 0 Å². The summed E-state index contributed by atoms with van der Waals surface area (Å²) in [6.45, 7) is 0. The normalized spacial score (nSPS) is 33.6. The Labute approximate surface area is 94.8 Å². The minimum atomic E-state index is 0.917. The van der Waals surface area contributed by atoms with E-state index in [-0.39, 0.29) is 0 Å². The fourth-order valence-corrected chi connectivity index (χ4v) is 4.10. The van der Waals surface area contributed by atoms with Gasteiger partial charge in [0.2, 0.25) is 0 Å². The molecule has 0 aromatic rings. The van der Waals surface area contributed by atoms with Crippen LogP contribution in [-0.2, 0) is 0 Å². The van der Waals surface area contributed by atoms with E-state index < -0.39 is 0 Å². The number of rotatable bonds is 0. The average Bonchev–Trinajstić information content (AvgIpc) is 2.69. The van der Waals surface area contributed by atoms with Gasteiger partial charge in [-0.1, -0.05) is 32.1 Å². The second-order valence-electron chi connectivity index (χ2n) is 6.77. The van der Waals surface area contributed by atoms with Crippen molar-refractivity contribution >= 4 is 0 Å². The van der Waals surface area contributed by atoms with Crippen LogP contribution in [0.25, 0.3) is 0 Å². The second kappa shape index (κ2) is 3.79. The summed E-state index contributed by atoms with van der Waals surface area (Å²) in [5, 5.41) is 0. The highest BCUT2D eigenvalue weighted by atomic mass is 14.5. The first-order valence-electron chi connectivity index (χ1n) is 7.33. The van der Waals surface area contributed by atoms with Crippen LogP contribution in [0.15, 0.2) is 0 Å². The van der Waals surface area contributed by atoms with Gasteiger partial charge in [-0.3, -0.25) is 0 Å². The van der Waals surface area contributed by atoms with Gasteiger partial charge in [-0.2, -0.15) is 0 Å². The third kappa shape index (κ3) is 2.10. The molecule has 0 aromatic heterocycles. The van der Waals surface area contributed by atoms with E-state index in [1.165, 1.54) is 32.1 Å². The van der Waals surface area contributed by atoms with E-state index in [1.54, 1.807) is 51.4 Å². The van der Waals surface area contributed by atoms with Crippen molar-refractivity contribution in [2.45, 2.75) is 83.5 Å². The van der Waals surface area contributed by atoms with Crippen molar-refractivity contribution in [3.05, 3.63) is 0 Å². The number of hydrogen-bond acceptors (Lipinski definition) is 0. The Morgan fingerprint density at radius 1 is 0.333 bits per heavy atom. The monoisotopic (exact) mass is 206 g/mol. The Balaban J connectivity index is 0.0000000971. The molecule has 4 fully saturated rings. The van der Waals surface area contributed by atoms with Crippen LogP contribution in [0.1, 0.15) is 83.5 Å². The molecule has 0 atom stereocenters. The standard InChI is InChI=1S/C8H14.C7H12/c1-2-5-8(4-1)6-3-7-8;1-2-4-7(3-1)5-6-7/h1-7H2;1-6H2. The van der Waals surface area contributed by atoms with E-state index in [9.17, 15) is 0 Å². The highest BCUT2D eigenvalue weighted by Gasteiger charge is 2.43. The van der Waals surface area contributed by atoms with Gasteiger partial charge in [-0.15, -0.1) is 0 Å². The Hall–Kier alpha value is 0. The minimum Gasteiger partial charge on any atom is -0.0528 e. The minimum absolute atomic E-state index is 0.917. The van der Waals surface area contributed by atoms with E-state index >= 15 is 0 Å². The molecule has 15 heavy (non-hydrogen) atoms. The van der Waals surface area contributed by atoms with Gasteiger partial charge < -0.3 is 0 Å². The molecule has 4 rings (SSSR count). The Kier molecular flexibility index (Phi) is 2.57. The van der Waals surface area contributed by atoms with Crippen molar-refractivity contribution in [3.8, 4) is 0 Å². The second-order valence-corrected chi connectivity index (χ2v) is 6.77. The summed E-state index contributed by atoms with van der Waals surface area (Å²) in [5.41, 5.74) is 1.86. The van der Waals surface area contributed by atoms with Gasteiger partial charge in [0.1, 0.15) is 0 Å². The average molecular weight is 206 g/mol. The Morgan fingerprint density at radius 2 is 0.667 bits per heavy atom. The molecule has 0 heteroatoms. The molecule has 4 aliphatic rings. The molecule has 0 saturated heterocycles. The molecule has 86 valence electrons. The lowest BCUT2D eigenvalue weighted by Crippen LogP contribution is -2.24. The first kappa shape index (κ1) is 10.2. The maximum Gasteiger partial charge on any atom is -0.0297 e. The van der Waals surface area contributed by atoms with Crippen LogP contribution >= 0.6 is 0 Å². The van der Waals surface area contributed by atoms with E-state index in [4.69, 9.17) is 0 Å². The summed E-state index contributed by atoms with van der Waals surface area (Å²) in [7, 11) is 0. The third-order valence-corrected chi connectivity index (χ3v) is 5.70. The third-order valence-electron chi connectivity index (χ3n) is 5.70. The molecule has 0 amide bonds. The summed E-state index contributed by atoms with van der Waals surface area (Å²) in [6, 6.07) is 0. The first-order valence-corrected chi connectivity index (χ1v) is 7.33. The van der Waals surface area contributed by atoms with Crippen molar-refractivity contribution < 1.29 is 0 Å². The van der Waals surface area contributed by atoms with Crippen molar-refractivity contribution in [2.75, 3.05) is 0 Å². The lowest BCUT2D eigenvalue weighted by atomic mass is 9.68. The van der Waals surface area contributed by atoms with E-state index in [1.807, 2.05) is 0 Å². The van der Waals surface area contributed by atoms with Crippen LogP contribution in [0.5, 0.6) is 0 Å².